The quantitative estimate of drug-likeness (QED) is 0.790. The number of nitrogens with one attached hydrogen (secondary N) is 1. The molecule has 0 aliphatic heterocycles. The molecule has 1 unspecified atom stereocenters. The summed E-state index contributed by atoms with van der Waals surface area (Å²) in [6, 6.07) is 4.44. The number of halogens is 1. The lowest BCUT2D eigenvalue weighted by Gasteiger charge is -2.23. The van der Waals surface area contributed by atoms with Gasteiger partial charge in [-0.15, -0.1) is 0 Å². The molecule has 19 heavy (non-hydrogen) atoms. The molecule has 4 N–H and O–H groups in total. The molecule has 0 spiro atoms. The number of anilines is 1. The first-order valence-corrected chi connectivity index (χ1v) is 6.75. The Bertz CT molecular complexity index is 539. The number of carboxylic acids is 1. The Morgan fingerprint density at radius 1 is 1.47 bits per heavy atom. The van der Waals surface area contributed by atoms with Gasteiger partial charge in [-0.25, -0.2) is 4.79 Å². The molecule has 1 saturated carbocycles. The van der Waals surface area contributed by atoms with E-state index in [1.807, 2.05) is 0 Å². The molecular weight excluding hydrogens is 312 g/mol. The maximum Gasteiger partial charge on any atom is 0.335 e. The number of aromatic carboxylic acids is 1. The fourth-order valence-corrected chi connectivity index (χ4v) is 2.35. The van der Waals surface area contributed by atoms with Crippen molar-refractivity contribution in [1.82, 2.24) is 0 Å². The van der Waals surface area contributed by atoms with E-state index in [4.69, 9.17) is 10.8 Å². The van der Waals surface area contributed by atoms with Gasteiger partial charge in [0.25, 0.3) is 0 Å². The van der Waals surface area contributed by atoms with Gasteiger partial charge in [0.05, 0.1) is 16.8 Å². The normalized spacial score (nSPS) is 17.6. The molecule has 6 heteroatoms. The third-order valence-corrected chi connectivity index (χ3v) is 4.03. The smallest absolute Gasteiger partial charge is 0.335 e. The lowest BCUT2D eigenvalue weighted by Crippen LogP contribution is -2.50. The molecule has 1 amide bonds. The van der Waals surface area contributed by atoms with Gasteiger partial charge in [-0.3, -0.25) is 4.79 Å². The molecule has 0 bridgehead atoms. The molecule has 2 rings (SSSR count). The minimum Gasteiger partial charge on any atom is -0.478 e. The predicted molar refractivity (Wildman–Crippen MR) is 75.0 cm³/mol. The van der Waals surface area contributed by atoms with Gasteiger partial charge in [0.1, 0.15) is 0 Å². The average molecular weight is 327 g/mol. The van der Waals surface area contributed by atoms with E-state index in [0.717, 1.165) is 12.8 Å². The van der Waals surface area contributed by atoms with Crippen molar-refractivity contribution in [1.29, 1.82) is 0 Å². The summed E-state index contributed by atoms with van der Waals surface area (Å²) in [6.45, 7) is 1.72. The van der Waals surface area contributed by atoms with Crippen LogP contribution < -0.4 is 11.1 Å². The van der Waals surface area contributed by atoms with Crippen molar-refractivity contribution in [2.75, 3.05) is 5.32 Å². The fourth-order valence-electron chi connectivity index (χ4n) is 1.87. The molecule has 1 aliphatic carbocycles. The highest BCUT2D eigenvalue weighted by molar-refractivity contribution is 9.10. The monoisotopic (exact) mass is 326 g/mol. The van der Waals surface area contributed by atoms with Crippen LogP contribution in [0, 0.1) is 5.92 Å². The number of carbonyl (C=O) groups excluding carboxylic acids is 1. The minimum atomic E-state index is -1.01. The van der Waals surface area contributed by atoms with Crippen molar-refractivity contribution in [3.05, 3.63) is 28.2 Å². The molecule has 0 radical (unpaired) electrons. The van der Waals surface area contributed by atoms with Crippen LogP contribution in [0.1, 0.15) is 30.1 Å². The van der Waals surface area contributed by atoms with Gasteiger partial charge in [-0.1, -0.05) is 0 Å². The second-order valence-corrected chi connectivity index (χ2v) is 5.87. The lowest BCUT2D eigenvalue weighted by atomic mass is 9.96. The van der Waals surface area contributed by atoms with E-state index in [9.17, 15) is 9.59 Å². The zero-order valence-electron chi connectivity index (χ0n) is 10.4. The molecule has 1 aromatic rings. The first kappa shape index (κ1) is 14.0. The maximum atomic E-state index is 12.1. The second kappa shape index (κ2) is 4.94. The van der Waals surface area contributed by atoms with E-state index in [0.29, 0.717) is 10.2 Å². The Morgan fingerprint density at radius 2 is 2.11 bits per heavy atom. The van der Waals surface area contributed by atoms with Gasteiger partial charge in [0.2, 0.25) is 5.91 Å². The Hall–Kier alpha value is -1.40. The van der Waals surface area contributed by atoms with Crippen LogP contribution in [-0.2, 0) is 4.79 Å². The number of carbonyl (C=O) groups is 2. The van der Waals surface area contributed by atoms with Crippen molar-refractivity contribution in [3.63, 3.8) is 0 Å². The van der Waals surface area contributed by atoms with Crippen molar-refractivity contribution in [2.45, 2.75) is 25.3 Å². The van der Waals surface area contributed by atoms with E-state index in [1.165, 1.54) is 12.1 Å². The molecule has 0 heterocycles. The predicted octanol–water partition coefficient (Wildman–Crippen LogP) is 2.21. The van der Waals surface area contributed by atoms with Crippen LogP contribution in [-0.4, -0.2) is 22.5 Å². The largest absolute Gasteiger partial charge is 0.478 e. The molecule has 1 fully saturated rings. The van der Waals surface area contributed by atoms with Crippen molar-refractivity contribution >= 4 is 33.5 Å². The number of carboxylic acid groups (broad SMARTS) is 1. The van der Waals surface area contributed by atoms with Crippen LogP contribution >= 0.6 is 15.9 Å². The van der Waals surface area contributed by atoms with Crippen LogP contribution in [0.15, 0.2) is 22.7 Å². The van der Waals surface area contributed by atoms with E-state index in [1.54, 1.807) is 13.0 Å². The summed E-state index contributed by atoms with van der Waals surface area (Å²) in [5, 5.41) is 11.6. The summed E-state index contributed by atoms with van der Waals surface area (Å²) in [4.78, 5) is 22.9. The first-order chi connectivity index (χ1) is 8.82. The summed E-state index contributed by atoms with van der Waals surface area (Å²) in [7, 11) is 0. The van der Waals surface area contributed by atoms with Crippen LogP contribution in [0.3, 0.4) is 0 Å². The second-order valence-electron chi connectivity index (χ2n) is 5.01. The topological polar surface area (TPSA) is 92.4 Å². The Labute approximate surface area is 119 Å². The highest BCUT2D eigenvalue weighted by Crippen LogP contribution is 2.38. The standard InChI is InChI=1S/C13H15BrN2O3/c1-13(15,8-3-4-8)12(19)16-10-5-2-7(11(17)18)6-9(10)14/h2,5-6,8H,3-4,15H2,1H3,(H,16,19)(H,17,18). The number of benzene rings is 1. The Balaban J connectivity index is 2.15. The van der Waals surface area contributed by atoms with Gasteiger partial charge in [-0.2, -0.15) is 0 Å². The zero-order valence-corrected chi connectivity index (χ0v) is 12.0. The zero-order chi connectivity index (χ0) is 14.2. The van der Waals surface area contributed by atoms with Crippen LogP contribution in [0.4, 0.5) is 5.69 Å². The summed E-state index contributed by atoms with van der Waals surface area (Å²) >= 11 is 3.24. The number of hydrogen-bond acceptors (Lipinski definition) is 3. The SMILES string of the molecule is CC(N)(C(=O)Nc1ccc(C(=O)O)cc1Br)C1CC1. The van der Waals surface area contributed by atoms with Crippen LogP contribution in [0.5, 0.6) is 0 Å². The van der Waals surface area contributed by atoms with Crippen molar-refractivity contribution in [3.8, 4) is 0 Å². The Morgan fingerprint density at radius 3 is 2.58 bits per heavy atom. The molecule has 102 valence electrons. The molecule has 1 aliphatic rings. The molecular formula is C13H15BrN2O3. The van der Waals surface area contributed by atoms with Gasteiger partial charge >= 0.3 is 5.97 Å². The number of hydrogen-bond donors (Lipinski definition) is 3. The van der Waals surface area contributed by atoms with Crippen molar-refractivity contribution in [2.24, 2.45) is 11.7 Å². The minimum absolute atomic E-state index is 0.155. The summed E-state index contributed by atoms with van der Waals surface area (Å²) in [5.74, 6) is -1.04. The molecule has 0 aromatic heterocycles. The Kier molecular flexibility index (Phi) is 3.64. The van der Waals surface area contributed by atoms with E-state index in [-0.39, 0.29) is 17.4 Å². The molecule has 5 nitrogen and oxygen atoms in total. The summed E-state index contributed by atoms with van der Waals surface area (Å²) in [5.41, 5.74) is 5.81. The molecule has 1 atom stereocenters. The van der Waals surface area contributed by atoms with Gasteiger partial charge in [-0.05, 0) is 59.8 Å². The molecule has 0 saturated heterocycles. The summed E-state index contributed by atoms with van der Waals surface area (Å²) < 4.78 is 0.521. The summed E-state index contributed by atoms with van der Waals surface area (Å²) in [6.07, 6.45) is 1.94. The van der Waals surface area contributed by atoms with E-state index >= 15 is 0 Å². The van der Waals surface area contributed by atoms with E-state index in [2.05, 4.69) is 21.2 Å². The highest BCUT2D eigenvalue weighted by Gasteiger charge is 2.44. The molecule has 1 aromatic carbocycles. The van der Waals surface area contributed by atoms with Gasteiger partial charge in [0.15, 0.2) is 0 Å². The first-order valence-electron chi connectivity index (χ1n) is 5.95. The highest BCUT2D eigenvalue weighted by atomic mass is 79.9. The van der Waals surface area contributed by atoms with E-state index < -0.39 is 11.5 Å². The number of amides is 1. The number of nitrogens with two attached hydrogens (primary N) is 1. The lowest BCUT2D eigenvalue weighted by molar-refractivity contribution is -0.121. The fraction of sp³-hybridized carbons (Fsp3) is 0.385. The van der Waals surface area contributed by atoms with Crippen molar-refractivity contribution < 1.29 is 14.7 Å². The maximum absolute atomic E-state index is 12.1. The van der Waals surface area contributed by atoms with Gasteiger partial charge < -0.3 is 16.2 Å². The third kappa shape index (κ3) is 2.96. The van der Waals surface area contributed by atoms with Crippen LogP contribution in [0.2, 0.25) is 0 Å². The third-order valence-electron chi connectivity index (χ3n) is 3.38. The average Bonchev–Trinajstić information content (AvgIpc) is 3.15. The van der Waals surface area contributed by atoms with Gasteiger partial charge in [0, 0.05) is 4.47 Å². The van der Waals surface area contributed by atoms with Crippen LogP contribution in [0.25, 0.3) is 0 Å². The number of rotatable bonds is 4.